The first-order chi connectivity index (χ1) is 17.7. The van der Waals surface area contributed by atoms with E-state index in [1.54, 1.807) is 19.4 Å². The van der Waals surface area contributed by atoms with Gasteiger partial charge in [0.2, 0.25) is 0 Å². The number of carbonyl (C=O) groups excluding carboxylic acids is 1. The summed E-state index contributed by atoms with van der Waals surface area (Å²) in [4.78, 5) is 19.7. The van der Waals surface area contributed by atoms with Crippen molar-refractivity contribution in [3.8, 4) is 0 Å². The molecule has 2 aromatic rings. The molecule has 3 aliphatic rings. The van der Waals surface area contributed by atoms with Gasteiger partial charge in [-0.25, -0.2) is 0 Å². The maximum absolute atomic E-state index is 12.6. The molecule has 1 fully saturated rings. The summed E-state index contributed by atoms with van der Waals surface area (Å²) < 4.78 is 5.58. The molecular weight excluding hydrogens is 484 g/mol. The lowest BCUT2D eigenvalue weighted by Crippen LogP contribution is -2.55. The Balaban J connectivity index is 1.37. The summed E-state index contributed by atoms with van der Waals surface area (Å²) in [6.45, 7) is 8.71. The molecule has 1 saturated heterocycles. The van der Waals surface area contributed by atoms with Gasteiger partial charge >= 0.3 is 0 Å². The first kappa shape index (κ1) is 25.7. The van der Waals surface area contributed by atoms with E-state index in [0.717, 1.165) is 59.6 Å². The van der Waals surface area contributed by atoms with E-state index < -0.39 is 5.60 Å². The van der Waals surface area contributed by atoms with Crippen molar-refractivity contribution in [3.05, 3.63) is 100 Å². The molecule has 5 rings (SSSR count). The molecule has 192 valence electrons. The number of hydrogen-bond acceptors (Lipinski definition) is 5. The fourth-order valence-corrected chi connectivity index (χ4v) is 5.93. The van der Waals surface area contributed by atoms with Crippen molar-refractivity contribution >= 4 is 28.5 Å². The van der Waals surface area contributed by atoms with Gasteiger partial charge < -0.3 is 14.7 Å². The number of piperidine rings is 1. The van der Waals surface area contributed by atoms with Gasteiger partial charge in [0, 0.05) is 53.0 Å². The highest BCUT2D eigenvalue weighted by molar-refractivity contribution is 6.30. The number of halogens is 1. The van der Waals surface area contributed by atoms with Crippen LogP contribution < -0.4 is 0 Å². The average molecular weight is 517 g/mol. The summed E-state index contributed by atoms with van der Waals surface area (Å²) in [7, 11) is 0. The zero-order valence-corrected chi connectivity index (χ0v) is 22.4. The van der Waals surface area contributed by atoms with Gasteiger partial charge in [0.1, 0.15) is 6.61 Å². The Morgan fingerprint density at radius 1 is 1.24 bits per heavy atom. The number of ether oxygens (including phenoxy) is 1. The molecule has 1 aromatic heterocycles. The topological polar surface area (TPSA) is 62.7 Å². The number of pyridine rings is 1. The predicted molar refractivity (Wildman–Crippen MR) is 148 cm³/mol. The van der Waals surface area contributed by atoms with Gasteiger partial charge in [-0.15, -0.1) is 0 Å². The number of hydrogen-bond donors (Lipinski definition) is 1. The molecule has 1 aromatic carbocycles. The van der Waals surface area contributed by atoms with Crippen LogP contribution in [0.3, 0.4) is 0 Å². The number of benzene rings is 1. The van der Waals surface area contributed by atoms with Crippen molar-refractivity contribution in [1.29, 1.82) is 0 Å². The van der Waals surface area contributed by atoms with Crippen LogP contribution in [-0.4, -0.2) is 47.0 Å². The van der Waals surface area contributed by atoms with E-state index in [1.807, 2.05) is 42.5 Å². The van der Waals surface area contributed by atoms with Gasteiger partial charge in [-0.2, -0.15) is 0 Å². The fourth-order valence-electron chi connectivity index (χ4n) is 5.81. The van der Waals surface area contributed by atoms with E-state index in [2.05, 4.69) is 35.9 Å². The first-order valence-corrected chi connectivity index (χ1v) is 13.2. The fraction of sp³-hybridized carbons (Fsp3) is 0.355. The van der Waals surface area contributed by atoms with Crippen molar-refractivity contribution in [2.24, 2.45) is 5.41 Å². The van der Waals surface area contributed by atoms with Crippen LogP contribution in [0.15, 0.2) is 78.2 Å². The Kier molecular flexibility index (Phi) is 6.97. The smallest absolute Gasteiger partial charge is 0.160 e. The number of allylic oxidation sites excluding steroid dienone is 5. The number of aromatic nitrogens is 1. The van der Waals surface area contributed by atoms with E-state index in [4.69, 9.17) is 16.3 Å². The average Bonchev–Trinajstić information content (AvgIpc) is 3.02. The van der Waals surface area contributed by atoms with Gasteiger partial charge in [-0.1, -0.05) is 49.7 Å². The Morgan fingerprint density at radius 3 is 2.76 bits per heavy atom. The van der Waals surface area contributed by atoms with Crippen LogP contribution in [0.4, 0.5) is 0 Å². The minimum Gasteiger partial charge on any atom is -0.496 e. The van der Waals surface area contributed by atoms with Gasteiger partial charge in [-0.05, 0) is 66.8 Å². The highest BCUT2D eigenvalue weighted by Gasteiger charge is 2.48. The van der Waals surface area contributed by atoms with Crippen molar-refractivity contribution in [2.75, 3.05) is 26.2 Å². The number of rotatable bonds is 5. The third kappa shape index (κ3) is 4.84. The summed E-state index contributed by atoms with van der Waals surface area (Å²) in [6, 6.07) is 11.6. The van der Waals surface area contributed by atoms with Crippen LogP contribution in [0.2, 0.25) is 5.02 Å². The zero-order chi connectivity index (χ0) is 26.2. The van der Waals surface area contributed by atoms with Crippen molar-refractivity contribution in [1.82, 2.24) is 9.88 Å². The maximum atomic E-state index is 12.6. The number of Topliss-reactive ketones (excluding diaryl/α,β-unsaturated/α-hetero) is 1. The number of fused-ring (bicyclic) bond motifs is 2. The lowest BCUT2D eigenvalue weighted by Gasteiger charge is -2.50. The van der Waals surface area contributed by atoms with Gasteiger partial charge in [0.25, 0.3) is 0 Å². The summed E-state index contributed by atoms with van der Waals surface area (Å²) in [5.41, 5.74) is 5.09. The van der Waals surface area contributed by atoms with Gasteiger partial charge in [-0.3, -0.25) is 9.78 Å². The van der Waals surface area contributed by atoms with Gasteiger partial charge in [0.15, 0.2) is 5.78 Å². The number of nitrogens with zero attached hydrogens (tertiary/aromatic N) is 2. The van der Waals surface area contributed by atoms with Crippen molar-refractivity contribution in [2.45, 2.75) is 39.2 Å². The van der Waals surface area contributed by atoms with Gasteiger partial charge in [0.05, 0.1) is 17.6 Å². The number of ketones is 1. The van der Waals surface area contributed by atoms with Crippen molar-refractivity contribution in [3.63, 3.8) is 0 Å². The Hall–Kier alpha value is -2.99. The van der Waals surface area contributed by atoms with E-state index in [0.29, 0.717) is 23.6 Å². The van der Waals surface area contributed by atoms with E-state index in [1.165, 1.54) is 0 Å². The molecule has 0 saturated carbocycles. The molecule has 37 heavy (non-hydrogen) atoms. The summed E-state index contributed by atoms with van der Waals surface area (Å²) in [5.74, 6) is 0.0250. The van der Waals surface area contributed by atoms with Crippen LogP contribution in [0, 0.1) is 5.41 Å². The maximum Gasteiger partial charge on any atom is 0.160 e. The molecule has 1 atom stereocenters. The van der Waals surface area contributed by atoms with Crippen LogP contribution in [0.25, 0.3) is 11.1 Å². The number of likely N-dealkylation sites (tertiary alicyclic amines) is 1. The summed E-state index contributed by atoms with van der Waals surface area (Å²) >= 11 is 6.08. The number of aliphatic hydroxyl groups is 1. The van der Waals surface area contributed by atoms with E-state index in [-0.39, 0.29) is 11.2 Å². The normalized spacial score (nSPS) is 24.1. The van der Waals surface area contributed by atoms with E-state index in [9.17, 15) is 9.90 Å². The SMILES string of the molecule is CC(=O)C1=CC(=CCCN2CC[C@@](O)(c3ccc(Cl)cc3)C(C)(C)C2)c2cccnc2C2=C1C=COC2. The molecule has 6 heteroatoms. The minimum atomic E-state index is -0.905. The molecule has 0 bridgehead atoms. The standard InChI is InChI=1S/C31H33ClN2O3/c1-21(35)27-18-22(25-7-4-14-33-29(25)28-19-37-17-12-26(27)28)6-5-15-34-16-13-31(36,30(2,3)20-34)23-8-10-24(32)11-9-23/h4,6-12,14,17-18,36H,5,13,15-16,19-20H2,1-3H3/t31-/m1/s1. The second-order valence-corrected chi connectivity index (χ2v) is 11.2. The Labute approximate surface area is 223 Å². The van der Waals surface area contributed by atoms with Crippen LogP contribution >= 0.6 is 11.6 Å². The highest BCUT2D eigenvalue weighted by Crippen LogP contribution is 2.46. The molecule has 1 aliphatic carbocycles. The second kappa shape index (κ2) is 10.1. The third-order valence-electron chi connectivity index (χ3n) is 7.92. The molecule has 2 aliphatic heterocycles. The zero-order valence-electron chi connectivity index (χ0n) is 21.6. The van der Waals surface area contributed by atoms with E-state index >= 15 is 0 Å². The molecule has 3 heterocycles. The quantitative estimate of drug-likeness (QED) is 0.531. The molecule has 0 amide bonds. The van der Waals surface area contributed by atoms with Crippen LogP contribution in [-0.2, 0) is 15.1 Å². The minimum absolute atomic E-state index is 0.0250. The first-order valence-electron chi connectivity index (χ1n) is 12.8. The summed E-state index contributed by atoms with van der Waals surface area (Å²) in [6.07, 6.45) is 11.0. The predicted octanol–water partition coefficient (Wildman–Crippen LogP) is 5.95. The highest BCUT2D eigenvalue weighted by atomic mass is 35.5. The van der Waals surface area contributed by atoms with Crippen LogP contribution in [0.5, 0.6) is 0 Å². The molecule has 0 unspecified atom stereocenters. The molecule has 0 spiro atoms. The monoisotopic (exact) mass is 516 g/mol. The second-order valence-electron chi connectivity index (χ2n) is 10.7. The van der Waals surface area contributed by atoms with Crippen molar-refractivity contribution < 1.29 is 14.6 Å². The lowest BCUT2D eigenvalue weighted by atomic mass is 9.66. The molecule has 1 N–H and O–H groups in total. The largest absolute Gasteiger partial charge is 0.496 e. The Morgan fingerprint density at radius 2 is 2.03 bits per heavy atom. The Bertz CT molecular complexity index is 1340. The molecule has 5 nitrogen and oxygen atoms in total. The molecule has 0 radical (unpaired) electrons. The summed E-state index contributed by atoms with van der Waals surface area (Å²) in [5, 5.41) is 12.4. The lowest BCUT2D eigenvalue weighted by molar-refractivity contribution is -0.125. The number of carbonyl (C=O) groups is 1. The third-order valence-corrected chi connectivity index (χ3v) is 8.17. The van der Waals surface area contributed by atoms with Crippen LogP contribution in [0.1, 0.15) is 50.4 Å². The molecular formula is C31H33ClN2O3.